The summed E-state index contributed by atoms with van der Waals surface area (Å²) in [6.45, 7) is 4.57. The third-order valence-electron chi connectivity index (χ3n) is 10.5. The summed E-state index contributed by atoms with van der Waals surface area (Å²) in [5.41, 5.74) is 9.81. The highest BCUT2D eigenvalue weighted by atomic mass is 14.9. The Morgan fingerprint density at radius 1 is 0.510 bits per heavy atom. The van der Waals surface area contributed by atoms with E-state index >= 15 is 0 Å². The van der Waals surface area contributed by atoms with E-state index in [0.717, 1.165) is 44.0 Å². The molecule has 0 unspecified atom stereocenters. The Morgan fingerprint density at radius 2 is 1.16 bits per heavy atom. The lowest BCUT2D eigenvalue weighted by Gasteiger charge is -2.21. The Morgan fingerprint density at radius 3 is 1.98 bits per heavy atom. The zero-order chi connectivity index (χ0) is 34.5. The number of nitrogens with one attached hydrogen (secondary N) is 1. The Bertz CT molecular complexity index is 2720. The zero-order valence-electron chi connectivity index (χ0n) is 28.6. The van der Waals surface area contributed by atoms with E-state index in [1.54, 1.807) is 0 Å². The minimum absolute atomic E-state index is 0.108. The largest absolute Gasteiger partial charge is 0.282 e. The molecule has 0 aromatic heterocycles. The summed E-state index contributed by atoms with van der Waals surface area (Å²) in [5.74, 6) is 0.663. The molecule has 1 N–H and O–H groups in total. The van der Waals surface area contributed by atoms with Crippen LogP contribution in [0.5, 0.6) is 0 Å². The first kappa shape index (κ1) is 30.6. The fourth-order valence-electron chi connectivity index (χ4n) is 7.77. The van der Waals surface area contributed by atoms with Crippen LogP contribution in [0.1, 0.15) is 41.7 Å². The summed E-state index contributed by atoms with van der Waals surface area (Å²) >= 11 is 0. The second-order valence-corrected chi connectivity index (χ2v) is 13.8. The van der Waals surface area contributed by atoms with Gasteiger partial charge in [0.1, 0.15) is 0 Å². The van der Waals surface area contributed by atoms with Gasteiger partial charge in [-0.3, -0.25) is 5.41 Å². The molecule has 8 aromatic carbocycles. The smallest absolute Gasteiger partial charge is 0.161 e. The number of rotatable bonds is 4. The van der Waals surface area contributed by atoms with Gasteiger partial charge in [0, 0.05) is 28.3 Å². The van der Waals surface area contributed by atoms with Gasteiger partial charge < -0.3 is 0 Å². The molecule has 3 nitrogen and oxygen atoms in total. The molecule has 0 bridgehead atoms. The third kappa shape index (κ3) is 5.26. The lowest BCUT2D eigenvalue weighted by atomic mass is 9.82. The second-order valence-electron chi connectivity index (χ2n) is 13.8. The molecule has 0 amide bonds. The number of benzene rings is 8. The highest BCUT2D eigenvalue weighted by molar-refractivity contribution is 6.22. The van der Waals surface area contributed by atoms with Gasteiger partial charge in [-0.25, -0.2) is 9.98 Å². The van der Waals surface area contributed by atoms with Crippen molar-refractivity contribution in [3.8, 4) is 22.3 Å². The van der Waals surface area contributed by atoms with Crippen molar-refractivity contribution in [2.75, 3.05) is 0 Å². The van der Waals surface area contributed by atoms with Crippen molar-refractivity contribution >= 4 is 50.2 Å². The minimum atomic E-state index is -0.108. The molecule has 1 aliphatic rings. The van der Waals surface area contributed by atoms with Crippen LogP contribution in [0.2, 0.25) is 0 Å². The molecule has 9 rings (SSSR count). The van der Waals surface area contributed by atoms with E-state index in [1.807, 2.05) is 36.5 Å². The number of nitrogens with zero attached hydrogens (tertiary/aromatic N) is 2. The van der Waals surface area contributed by atoms with Crippen LogP contribution in [0.25, 0.3) is 54.6 Å². The maximum absolute atomic E-state index is 9.19. The highest BCUT2D eigenvalue weighted by Crippen LogP contribution is 2.48. The Hall–Kier alpha value is -6.45. The van der Waals surface area contributed by atoms with Gasteiger partial charge in [-0.1, -0.05) is 166 Å². The van der Waals surface area contributed by atoms with Gasteiger partial charge in [0.05, 0.1) is 0 Å². The van der Waals surface area contributed by atoms with E-state index < -0.39 is 0 Å². The summed E-state index contributed by atoms with van der Waals surface area (Å²) < 4.78 is 0. The van der Waals surface area contributed by atoms with E-state index in [-0.39, 0.29) is 11.3 Å². The van der Waals surface area contributed by atoms with Crippen molar-refractivity contribution in [2.24, 2.45) is 9.98 Å². The van der Waals surface area contributed by atoms with Gasteiger partial charge in [-0.05, 0) is 77.8 Å². The standard InChI is InChI=1S/C48H35N3/c1-48(2)44-19-11-10-18-40(44)42-29-36(25-27-45(42)48)47(51-46(49)34-22-20-32(21-23-34)31-12-4-3-5-13-31)50-30-43-38-17-9-7-15-35(38)28-41-37-16-8-6-14-33(37)24-26-39(41)43/h3-30,49H,1-2H3. The van der Waals surface area contributed by atoms with Crippen LogP contribution >= 0.6 is 0 Å². The fraction of sp³-hybridized carbons (Fsp3) is 0.0625. The van der Waals surface area contributed by atoms with Crippen LogP contribution in [0.4, 0.5) is 0 Å². The summed E-state index contributed by atoms with van der Waals surface area (Å²) in [7, 11) is 0. The van der Waals surface area contributed by atoms with Gasteiger partial charge in [-0.2, -0.15) is 0 Å². The predicted octanol–water partition coefficient (Wildman–Crippen LogP) is 12.0. The summed E-state index contributed by atoms with van der Waals surface area (Å²) in [4.78, 5) is 10.1. The van der Waals surface area contributed by atoms with Crippen molar-refractivity contribution in [1.29, 1.82) is 5.41 Å². The van der Waals surface area contributed by atoms with E-state index in [2.05, 4.69) is 147 Å². The predicted molar refractivity (Wildman–Crippen MR) is 216 cm³/mol. The molecule has 8 aromatic rings. The summed E-state index contributed by atoms with van der Waals surface area (Å²) in [5, 5.41) is 16.2. The van der Waals surface area contributed by atoms with Crippen molar-refractivity contribution in [1.82, 2.24) is 0 Å². The van der Waals surface area contributed by atoms with Gasteiger partial charge in [-0.15, -0.1) is 0 Å². The molecule has 1 aliphatic carbocycles. The molecule has 0 radical (unpaired) electrons. The molecule has 0 fully saturated rings. The lowest BCUT2D eigenvalue weighted by molar-refractivity contribution is 0.660. The number of amidine groups is 2. The number of hydrogen-bond acceptors (Lipinski definition) is 1. The molecule has 0 heterocycles. The Balaban J connectivity index is 1.21. The van der Waals surface area contributed by atoms with Gasteiger partial charge in [0.25, 0.3) is 0 Å². The molecule has 0 aliphatic heterocycles. The van der Waals surface area contributed by atoms with Gasteiger partial charge in [0.2, 0.25) is 0 Å². The van der Waals surface area contributed by atoms with Crippen molar-refractivity contribution in [3.05, 3.63) is 192 Å². The summed E-state index contributed by atoms with van der Waals surface area (Å²) in [6, 6.07) is 57.2. The molecule has 242 valence electrons. The van der Waals surface area contributed by atoms with Crippen LogP contribution in [0, 0.1) is 5.41 Å². The van der Waals surface area contributed by atoms with Crippen molar-refractivity contribution in [3.63, 3.8) is 0 Å². The normalized spacial score (nSPS) is 13.6. The van der Waals surface area contributed by atoms with Crippen LogP contribution in [-0.4, -0.2) is 17.9 Å². The summed E-state index contributed by atoms with van der Waals surface area (Å²) in [6.07, 6.45) is 1.95. The van der Waals surface area contributed by atoms with Crippen LogP contribution in [0.15, 0.2) is 174 Å². The molecule has 0 spiro atoms. The van der Waals surface area contributed by atoms with E-state index in [0.29, 0.717) is 5.84 Å². The molecule has 51 heavy (non-hydrogen) atoms. The fourth-order valence-corrected chi connectivity index (χ4v) is 7.77. The average Bonchev–Trinajstić information content (AvgIpc) is 3.41. The topological polar surface area (TPSA) is 48.6 Å². The molecule has 0 saturated heterocycles. The number of fused-ring (bicyclic) bond motifs is 7. The lowest BCUT2D eigenvalue weighted by Crippen LogP contribution is -2.15. The first-order valence-corrected chi connectivity index (χ1v) is 17.4. The maximum atomic E-state index is 9.19. The van der Waals surface area contributed by atoms with Gasteiger partial charge >= 0.3 is 0 Å². The molecular formula is C48H35N3. The third-order valence-corrected chi connectivity index (χ3v) is 10.5. The molecule has 3 heteroatoms. The van der Waals surface area contributed by atoms with Gasteiger partial charge in [0.15, 0.2) is 11.7 Å². The number of hydrogen-bond donors (Lipinski definition) is 1. The maximum Gasteiger partial charge on any atom is 0.161 e. The molecule has 0 saturated carbocycles. The SMILES string of the molecule is CC1(C)c2ccccc2-c2cc(C(N=Cc3c4ccccc4cc4c3ccc3ccccc34)=NC(=N)c3ccc(-c4ccccc4)cc3)ccc21. The Kier molecular flexibility index (Phi) is 7.29. The number of aliphatic imine (C=N–C) groups is 2. The zero-order valence-corrected chi connectivity index (χ0v) is 28.6. The highest BCUT2D eigenvalue weighted by Gasteiger charge is 2.35. The quantitative estimate of drug-likeness (QED) is 0.0850. The van der Waals surface area contributed by atoms with Crippen LogP contribution < -0.4 is 0 Å². The molecular weight excluding hydrogens is 619 g/mol. The van der Waals surface area contributed by atoms with Crippen LogP contribution in [-0.2, 0) is 5.41 Å². The average molecular weight is 654 g/mol. The minimum Gasteiger partial charge on any atom is -0.282 e. The van der Waals surface area contributed by atoms with E-state index in [9.17, 15) is 5.41 Å². The van der Waals surface area contributed by atoms with Crippen molar-refractivity contribution in [2.45, 2.75) is 19.3 Å². The monoisotopic (exact) mass is 653 g/mol. The van der Waals surface area contributed by atoms with E-state index in [4.69, 9.17) is 9.98 Å². The first-order valence-electron chi connectivity index (χ1n) is 17.4. The second kappa shape index (κ2) is 12.2. The molecule has 0 atom stereocenters. The van der Waals surface area contributed by atoms with E-state index in [1.165, 1.54) is 38.4 Å². The first-order chi connectivity index (χ1) is 25.0. The Labute approximate surface area is 297 Å². The van der Waals surface area contributed by atoms with Crippen molar-refractivity contribution < 1.29 is 0 Å². The van der Waals surface area contributed by atoms with Crippen LogP contribution in [0.3, 0.4) is 0 Å².